The van der Waals surface area contributed by atoms with Gasteiger partial charge in [0.25, 0.3) is 0 Å². The molecule has 1 N–H and O–H groups in total. The third kappa shape index (κ3) is 2.32. The SMILES string of the molecule is C=CC(=O)NC1CCOc2c(OC)cc(C)cc21. The van der Waals surface area contributed by atoms with Gasteiger partial charge in [0.2, 0.25) is 5.91 Å². The van der Waals surface area contributed by atoms with Crippen LogP contribution >= 0.6 is 0 Å². The molecule has 1 aliphatic rings. The lowest BCUT2D eigenvalue weighted by molar-refractivity contribution is -0.117. The molecule has 0 radical (unpaired) electrons. The number of fused-ring (bicyclic) bond motifs is 1. The van der Waals surface area contributed by atoms with Crippen molar-refractivity contribution in [3.05, 3.63) is 35.9 Å². The summed E-state index contributed by atoms with van der Waals surface area (Å²) in [6.07, 6.45) is 2.03. The summed E-state index contributed by atoms with van der Waals surface area (Å²) in [5.41, 5.74) is 2.04. The molecule has 1 unspecified atom stereocenters. The van der Waals surface area contributed by atoms with Gasteiger partial charge >= 0.3 is 0 Å². The van der Waals surface area contributed by atoms with Crippen LogP contribution in [-0.2, 0) is 4.79 Å². The number of ether oxygens (including phenoxy) is 2. The van der Waals surface area contributed by atoms with Crippen LogP contribution in [0.4, 0.5) is 0 Å². The summed E-state index contributed by atoms with van der Waals surface area (Å²) in [7, 11) is 1.62. The minimum Gasteiger partial charge on any atom is -0.493 e. The van der Waals surface area contributed by atoms with Crippen LogP contribution in [-0.4, -0.2) is 19.6 Å². The fourth-order valence-corrected chi connectivity index (χ4v) is 2.15. The summed E-state index contributed by atoms with van der Waals surface area (Å²) in [6, 6.07) is 3.90. The number of hydrogen-bond donors (Lipinski definition) is 1. The van der Waals surface area contributed by atoms with Crippen molar-refractivity contribution in [3.8, 4) is 11.5 Å². The van der Waals surface area contributed by atoms with Gasteiger partial charge in [-0.25, -0.2) is 0 Å². The number of rotatable bonds is 3. The van der Waals surface area contributed by atoms with Crippen LogP contribution in [0.15, 0.2) is 24.8 Å². The van der Waals surface area contributed by atoms with E-state index < -0.39 is 0 Å². The molecule has 1 aliphatic heterocycles. The van der Waals surface area contributed by atoms with E-state index in [1.54, 1.807) is 7.11 Å². The molecule has 4 heteroatoms. The van der Waals surface area contributed by atoms with Crippen LogP contribution in [0, 0.1) is 6.92 Å². The van der Waals surface area contributed by atoms with Crippen molar-refractivity contribution in [2.75, 3.05) is 13.7 Å². The Kier molecular flexibility index (Phi) is 3.55. The van der Waals surface area contributed by atoms with Gasteiger partial charge in [-0.2, -0.15) is 0 Å². The van der Waals surface area contributed by atoms with Gasteiger partial charge in [0, 0.05) is 12.0 Å². The molecular formula is C14H17NO3. The first-order chi connectivity index (χ1) is 8.65. The number of benzene rings is 1. The van der Waals surface area contributed by atoms with Gasteiger partial charge in [0.1, 0.15) is 0 Å². The van der Waals surface area contributed by atoms with E-state index in [9.17, 15) is 4.79 Å². The number of amides is 1. The Hall–Kier alpha value is -1.97. The summed E-state index contributed by atoms with van der Waals surface area (Å²) < 4.78 is 11.0. The zero-order chi connectivity index (χ0) is 13.1. The van der Waals surface area contributed by atoms with Crippen molar-refractivity contribution in [1.82, 2.24) is 5.32 Å². The third-order valence-electron chi connectivity index (χ3n) is 2.98. The maximum atomic E-state index is 11.4. The van der Waals surface area contributed by atoms with Gasteiger partial charge in [0.05, 0.1) is 19.8 Å². The van der Waals surface area contributed by atoms with Gasteiger partial charge in [-0.15, -0.1) is 0 Å². The van der Waals surface area contributed by atoms with Crippen molar-refractivity contribution in [2.24, 2.45) is 0 Å². The molecule has 1 heterocycles. The summed E-state index contributed by atoms with van der Waals surface area (Å²) in [5.74, 6) is 1.26. The van der Waals surface area contributed by atoms with Crippen molar-refractivity contribution in [3.63, 3.8) is 0 Å². The molecule has 0 fully saturated rings. The van der Waals surface area contributed by atoms with Gasteiger partial charge in [-0.3, -0.25) is 4.79 Å². The topological polar surface area (TPSA) is 47.6 Å². The largest absolute Gasteiger partial charge is 0.493 e. The smallest absolute Gasteiger partial charge is 0.243 e. The molecule has 1 amide bonds. The molecule has 0 saturated heterocycles. The van der Waals surface area contributed by atoms with Gasteiger partial charge < -0.3 is 14.8 Å². The van der Waals surface area contributed by atoms with Crippen LogP contribution < -0.4 is 14.8 Å². The molecule has 0 saturated carbocycles. The van der Waals surface area contributed by atoms with Crippen molar-refractivity contribution >= 4 is 5.91 Å². The van der Waals surface area contributed by atoms with Crippen molar-refractivity contribution < 1.29 is 14.3 Å². The van der Waals surface area contributed by atoms with E-state index >= 15 is 0 Å². The molecule has 0 aromatic heterocycles. The highest BCUT2D eigenvalue weighted by molar-refractivity contribution is 5.87. The fourth-order valence-electron chi connectivity index (χ4n) is 2.15. The molecule has 0 aliphatic carbocycles. The summed E-state index contributed by atoms with van der Waals surface area (Å²) in [6.45, 7) is 6.02. The first-order valence-corrected chi connectivity index (χ1v) is 5.90. The number of carbonyl (C=O) groups is 1. The predicted octanol–water partition coefficient (Wildman–Crippen LogP) is 2.13. The van der Waals surface area contributed by atoms with Gasteiger partial charge in [-0.05, 0) is 24.6 Å². The molecule has 4 nitrogen and oxygen atoms in total. The summed E-state index contributed by atoms with van der Waals surface area (Å²) in [4.78, 5) is 11.4. The maximum Gasteiger partial charge on any atom is 0.243 e. The van der Waals surface area contributed by atoms with E-state index in [0.29, 0.717) is 12.4 Å². The highest BCUT2D eigenvalue weighted by Gasteiger charge is 2.25. The fraction of sp³-hybridized carbons (Fsp3) is 0.357. The zero-order valence-electron chi connectivity index (χ0n) is 10.7. The Bertz CT molecular complexity index is 482. The molecule has 18 heavy (non-hydrogen) atoms. The van der Waals surface area contributed by atoms with Gasteiger partial charge in [-0.1, -0.05) is 12.6 Å². The first kappa shape index (κ1) is 12.5. The van der Waals surface area contributed by atoms with Crippen LogP contribution in [0.2, 0.25) is 0 Å². The highest BCUT2D eigenvalue weighted by atomic mass is 16.5. The van der Waals surface area contributed by atoms with Crippen molar-refractivity contribution in [2.45, 2.75) is 19.4 Å². The molecule has 1 aromatic carbocycles. The summed E-state index contributed by atoms with van der Waals surface area (Å²) in [5, 5.41) is 2.91. The predicted molar refractivity (Wildman–Crippen MR) is 68.9 cm³/mol. The molecule has 2 rings (SSSR count). The van der Waals surface area contributed by atoms with E-state index in [1.807, 2.05) is 19.1 Å². The average Bonchev–Trinajstić information content (AvgIpc) is 2.38. The highest BCUT2D eigenvalue weighted by Crippen LogP contribution is 2.40. The van der Waals surface area contributed by atoms with Crippen LogP contribution in [0.5, 0.6) is 11.5 Å². The molecule has 96 valence electrons. The second-order valence-corrected chi connectivity index (χ2v) is 4.29. The zero-order valence-corrected chi connectivity index (χ0v) is 10.7. The second-order valence-electron chi connectivity index (χ2n) is 4.29. The minimum atomic E-state index is -0.173. The van der Waals surface area contributed by atoms with Crippen LogP contribution in [0.1, 0.15) is 23.6 Å². The molecule has 1 atom stereocenters. The molecule has 0 spiro atoms. The van der Waals surface area contributed by atoms with E-state index in [0.717, 1.165) is 23.3 Å². The number of methoxy groups -OCH3 is 1. The van der Waals surface area contributed by atoms with E-state index in [2.05, 4.69) is 11.9 Å². The molecule has 0 bridgehead atoms. The number of carbonyl (C=O) groups excluding carboxylic acids is 1. The Morgan fingerprint density at radius 3 is 3.06 bits per heavy atom. The minimum absolute atomic E-state index is 0.0481. The lowest BCUT2D eigenvalue weighted by Gasteiger charge is -2.28. The number of hydrogen-bond acceptors (Lipinski definition) is 3. The monoisotopic (exact) mass is 247 g/mol. The normalized spacial score (nSPS) is 17.3. The van der Waals surface area contributed by atoms with Crippen LogP contribution in [0.25, 0.3) is 0 Å². The maximum absolute atomic E-state index is 11.4. The van der Waals surface area contributed by atoms with Crippen LogP contribution in [0.3, 0.4) is 0 Å². The Morgan fingerprint density at radius 2 is 2.39 bits per heavy atom. The molecular weight excluding hydrogens is 230 g/mol. The van der Waals surface area contributed by atoms with Crippen molar-refractivity contribution in [1.29, 1.82) is 0 Å². The summed E-state index contributed by atoms with van der Waals surface area (Å²) >= 11 is 0. The Labute approximate surface area is 107 Å². The van der Waals surface area contributed by atoms with Gasteiger partial charge in [0.15, 0.2) is 11.5 Å². The number of nitrogens with one attached hydrogen (secondary N) is 1. The Balaban J connectivity index is 2.39. The average molecular weight is 247 g/mol. The quantitative estimate of drug-likeness (QED) is 0.832. The van der Waals surface area contributed by atoms with E-state index in [4.69, 9.17) is 9.47 Å². The first-order valence-electron chi connectivity index (χ1n) is 5.90. The van der Waals surface area contributed by atoms with E-state index in [-0.39, 0.29) is 11.9 Å². The van der Waals surface area contributed by atoms with E-state index in [1.165, 1.54) is 6.08 Å². The lowest BCUT2D eigenvalue weighted by atomic mass is 9.98. The number of aryl methyl sites for hydroxylation is 1. The second kappa shape index (κ2) is 5.12. The third-order valence-corrected chi connectivity index (χ3v) is 2.98. The lowest BCUT2D eigenvalue weighted by Crippen LogP contribution is -2.31. The Morgan fingerprint density at radius 1 is 1.61 bits per heavy atom. The molecule has 1 aromatic rings. The standard InChI is InChI=1S/C14H17NO3/c1-4-13(16)15-11-5-6-18-14-10(11)7-9(2)8-12(14)17-3/h4,7-8,11H,1,5-6H2,2-3H3,(H,15,16).